The van der Waals surface area contributed by atoms with Gasteiger partial charge >= 0.3 is 0 Å². The molecule has 0 radical (unpaired) electrons. The number of sulfone groups is 1. The van der Waals surface area contributed by atoms with E-state index >= 15 is 0 Å². The van der Waals surface area contributed by atoms with Gasteiger partial charge in [-0.25, -0.2) is 13.4 Å². The van der Waals surface area contributed by atoms with Crippen molar-refractivity contribution in [1.82, 2.24) is 14.7 Å². The largest absolute Gasteiger partial charge is 0.349 e. The van der Waals surface area contributed by atoms with Crippen LogP contribution >= 0.6 is 0 Å². The van der Waals surface area contributed by atoms with Crippen molar-refractivity contribution in [3.8, 4) is 0 Å². The van der Waals surface area contributed by atoms with Gasteiger partial charge in [-0.1, -0.05) is 6.07 Å². The Morgan fingerprint density at radius 3 is 2.86 bits per heavy atom. The van der Waals surface area contributed by atoms with Gasteiger partial charge in [0.1, 0.15) is 0 Å². The van der Waals surface area contributed by atoms with Crippen molar-refractivity contribution >= 4 is 21.3 Å². The molecule has 0 spiro atoms. The van der Waals surface area contributed by atoms with Gasteiger partial charge in [0.25, 0.3) is 5.91 Å². The van der Waals surface area contributed by atoms with Gasteiger partial charge in [-0.05, 0) is 30.9 Å². The fourth-order valence-corrected chi connectivity index (χ4v) is 3.20. The summed E-state index contributed by atoms with van der Waals surface area (Å²) in [6.45, 7) is 0.365. The van der Waals surface area contributed by atoms with Crippen LogP contribution in [-0.4, -0.2) is 42.6 Å². The molecule has 118 valence electrons. The minimum Gasteiger partial charge on any atom is -0.349 e. The van der Waals surface area contributed by atoms with E-state index in [2.05, 4.69) is 10.3 Å². The maximum absolute atomic E-state index is 12.3. The van der Waals surface area contributed by atoms with Gasteiger partial charge in [-0.3, -0.25) is 9.20 Å². The fourth-order valence-electron chi connectivity index (χ4n) is 2.42. The van der Waals surface area contributed by atoms with Crippen LogP contribution in [0.25, 0.3) is 5.52 Å². The number of nitrogens with zero attached hydrogens (tertiary/aromatic N) is 2. The Morgan fingerprint density at radius 1 is 1.50 bits per heavy atom. The molecule has 2 aromatic heterocycles. The number of hydrogen-bond acceptors (Lipinski definition) is 5. The lowest BCUT2D eigenvalue weighted by Gasteiger charge is -2.10. The molecule has 1 aliphatic carbocycles. The molecule has 7 nitrogen and oxygen atoms in total. The van der Waals surface area contributed by atoms with Crippen molar-refractivity contribution in [2.24, 2.45) is 11.7 Å². The minimum absolute atomic E-state index is 0.0628. The van der Waals surface area contributed by atoms with Crippen LogP contribution in [0, 0.1) is 5.92 Å². The summed E-state index contributed by atoms with van der Waals surface area (Å²) in [6.07, 6.45) is 4.84. The summed E-state index contributed by atoms with van der Waals surface area (Å²) in [5.41, 5.74) is 6.52. The normalized spacial score (nSPS) is 16.6. The van der Waals surface area contributed by atoms with Gasteiger partial charge in [0.05, 0.1) is 5.52 Å². The third-order valence-electron chi connectivity index (χ3n) is 3.79. The number of hydrogen-bond donors (Lipinski definition) is 2. The van der Waals surface area contributed by atoms with Crippen LogP contribution in [0.4, 0.5) is 0 Å². The van der Waals surface area contributed by atoms with E-state index < -0.39 is 15.7 Å². The molecular formula is C14H18N4O3S. The number of carbonyl (C=O) groups is 1. The van der Waals surface area contributed by atoms with E-state index in [9.17, 15) is 13.2 Å². The van der Waals surface area contributed by atoms with Gasteiger partial charge in [-0.15, -0.1) is 0 Å². The third-order valence-corrected chi connectivity index (χ3v) is 4.74. The van der Waals surface area contributed by atoms with Crippen LogP contribution in [0.3, 0.4) is 0 Å². The maximum Gasteiger partial charge on any atom is 0.272 e. The average Bonchev–Trinajstić information content (AvgIpc) is 3.23. The second-order valence-electron chi connectivity index (χ2n) is 5.68. The van der Waals surface area contributed by atoms with Crippen molar-refractivity contribution in [2.45, 2.75) is 24.0 Å². The number of nitrogens with one attached hydrogen (secondary N) is 1. The van der Waals surface area contributed by atoms with Gasteiger partial charge < -0.3 is 11.1 Å². The Hall–Kier alpha value is -1.93. The van der Waals surface area contributed by atoms with Crippen LogP contribution in [-0.2, 0) is 9.84 Å². The standard InChI is InChI=1S/C14H18N4O3S/c1-22(20,21)14-17-12(11-4-2-3-7-18(11)14)13(19)16-8-10(15)9-5-6-9/h2-4,7,9-10H,5-6,8,15H2,1H3,(H,16,19). The molecule has 1 fully saturated rings. The van der Waals surface area contributed by atoms with E-state index in [1.807, 2.05) is 0 Å². The minimum atomic E-state index is -3.53. The Labute approximate surface area is 128 Å². The summed E-state index contributed by atoms with van der Waals surface area (Å²) in [5, 5.41) is 2.60. The molecule has 1 aliphatic rings. The summed E-state index contributed by atoms with van der Waals surface area (Å²) < 4.78 is 25.0. The van der Waals surface area contributed by atoms with E-state index in [0.29, 0.717) is 18.0 Å². The topological polar surface area (TPSA) is 107 Å². The monoisotopic (exact) mass is 322 g/mol. The summed E-state index contributed by atoms with van der Waals surface area (Å²) in [7, 11) is -3.53. The molecule has 1 amide bonds. The number of imidazole rings is 1. The van der Waals surface area contributed by atoms with Crippen LogP contribution in [0.1, 0.15) is 23.3 Å². The van der Waals surface area contributed by atoms with Crippen molar-refractivity contribution < 1.29 is 13.2 Å². The summed E-state index contributed by atoms with van der Waals surface area (Å²) in [6, 6.07) is 5.02. The van der Waals surface area contributed by atoms with E-state index in [1.165, 1.54) is 4.40 Å². The first kappa shape index (κ1) is 15.0. The molecule has 3 N–H and O–H groups in total. The van der Waals surface area contributed by atoms with Gasteiger partial charge in [0, 0.05) is 25.0 Å². The molecule has 1 saturated carbocycles. The van der Waals surface area contributed by atoms with Gasteiger partial charge in [-0.2, -0.15) is 0 Å². The summed E-state index contributed by atoms with van der Waals surface area (Å²) in [5.74, 6) is 0.0697. The Morgan fingerprint density at radius 2 is 2.23 bits per heavy atom. The zero-order valence-corrected chi connectivity index (χ0v) is 13.0. The zero-order valence-electron chi connectivity index (χ0n) is 12.2. The Balaban J connectivity index is 1.91. The van der Waals surface area contributed by atoms with Crippen LogP contribution in [0.15, 0.2) is 29.6 Å². The average molecular weight is 322 g/mol. The lowest BCUT2D eigenvalue weighted by atomic mass is 10.2. The zero-order chi connectivity index (χ0) is 15.9. The number of fused-ring (bicyclic) bond motifs is 1. The highest BCUT2D eigenvalue weighted by Gasteiger charge is 2.29. The lowest BCUT2D eigenvalue weighted by molar-refractivity contribution is 0.0947. The quantitative estimate of drug-likeness (QED) is 0.818. The highest BCUT2D eigenvalue weighted by atomic mass is 32.2. The summed E-state index contributed by atoms with van der Waals surface area (Å²) >= 11 is 0. The molecule has 0 aliphatic heterocycles. The fraction of sp³-hybridized carbons (Fsp3) is 0.429. The number of pyridine rings is 1. The predicted octanol–water partition coefficient (Wildman–Crippen LogP) is 0.205. The van der Waals surface area contributed by atoms with Crippen LogP contribution < -0.4 is 11.1 Å². The first-order valence-electron chi connectivity index (χ1n) is 7.09. The molecule has 1 atom stereocenters. The molecule has 22 heavy (non-hydrogen) atoms. The van der Waals surface area contributed by atoms with Crippen LogP contribution in [0.5, 0.6) is 0 Å². The number of nitrogens with two attached hydrogens (primary N) is 1. The molecule has 2 heterocycles. The highest BCUT2D eigenvalue weighted by molar-refractivity contribution is 7.90. The number of aromatic nitrogens is 2. The van der Waals surface area contributed by atoms with Crippen molar-refractivity contribution in [3.63, 3.8) is 0 Å². The number of amides is 1. The first-order chi connectivity index (χ1) is 10.4. The molecule has 1 unspecified atom stereocenters. The van der Waals surface area contributed by atoms with E-state index in [-0.39, 0.29) is 16.9 Å². The predicted molar refractivity (Wildman–Crippen MR) is 81.3 cm³/mol. The van der Waals surface area contributed by atoms with E-state index in [0.717, 1.165) is 19.1 Å². The first-order valence-corrected chi connectivity index (χ1v) is 8.98. The molecule has 3 rings (SSSR count). The van der Waals surface area contributed by atoms with Crippen molar-refractivity contribution in [1.29, 1.82) is 0 Å². The highest BCUT2D eigenvalue weighted by Crippen LogP contribution is 2.31. The second-order valence-corrected chi connectivity index (χ2v) is 7.59. The van der Waals surface area contributed by atoms with E-state index in [4.69, 9.17) is 5.73 Å². The van der Waals surface area contributed by atoms with Gasteiger partial charge in [0.15, 0.2) is 5.69 Å². The third kappa shape index (κ3) is 2.84. The molecule has 0 saturated heterocycles. The van der Waals surface area contributed by atoms with Crippen molar-refractivity contribution in [2.75, 3.05) is 12.8 Å². The Kier molecular flexibility index (Phi) is 3.65. The SMILES string of the molecule is CS(=O)(=O)c1nc(C(=O)NCC(N)C2CC2)c2ccccn12. The molecule has 8 heteroatoms. The maximum atomic E-state index is 12.3. The van der Waals surface area contributed by atoms with Crippen LogP contribution in [0.2, 0.25) is 0 Å². The lowest BCUT2D eigenvalue weighted by Crippen LogP contribution is -2.38. The molecule has 2 aromatic rings. The number of carbonyl (C=O) groups excluding carboxylic acids is 1. The Bertz CT molecular complexity index is 824. The molecule has 0 aromatic carbocycles. The smallest absolute Gasteiger partial charge is 0.272 e. The molecule has 0 bridgehead atoms. The molecular weight excluding hydrogens is 304 g/mol. The van der Waals surface area contributed by atoms with Gasteiger partial charge in [0.2, 0.25) is 15.0 Å². The summed E-state index contributed by atoms with van der Waals surface area (Å²) in [4.78, 5) is 16.3. The number of rotatable bonds is 5. The van der Waals surface area contributed by atoms with E-state index in [1.54, 1.807) is 24.4 Å². The van der Waals surface area contributed by atoms with Crippen molar-refractivity contribution in [3.05, 3.63) is 30.1 Å². The second kappa shape index (κ2) is 5.36.